The lowest BCUT2D eigenvalue weighted by molar-refractivity contribution is -0.135. The second-order valence-corrected chi connectivity index (χ2v) is 6.84. The third-order valence-electron chi connectivity index (χ3n) is 4.91. The Morgan fingerprint density at radius 1 is 1.33 bits per heavy atom. The van der Waals surface area contributed by atoms with Gasteiger partial charge in [0, 0.05) is 6.04 Å². The van der Waals surface area contributed by atoms with Crippen molar-refractivity contribution in [2.45, 2.75) is 65.7 Å². The number of amides is 1. The van der Waals surface area contributed by atoms with Gasteiger partial charge in [-0.25, -0.2) is 0 Å². The molecule has 0 aromatic heterocycles. The van der Waals surface area contributed by atoms with Crippen molar-refractivity contribution in [2.75, 3.05) is 0 Å². The van der Waals surface area contributed by atoms with E-state index in [-0.39, 0.29) is 18.1 Å². The zero-order valence-corrected chi connectivity index (χ0v) is 14.1. The minimum atomic E-state index is -0.461. The van der Waals surface area contributed by atoms with E-state index in [9.17, 15) is 4.79 Å². The van der Waals surface area contributed by atoms with Gasteiger partial charge in [-0.1, -0.05) is 50.6 Å². The van der Waals surface area contributed by atoms with Crippen LogP contribution in [0.15, 0.2) is 24.3 Å². The monoisotopic (exact) mass is 288 g/mol. The molecule has 0 bridgehead atoms. The zero-order valence-electron chi connectivity index (χ0n) is 14.1. The smallest absolute Gasteiger partial charge is 0.244 e. The minimum Gasteiger partial charge on any atom is -0.318 e. The van der Waals surface area contributed by atoms with E-state index in [1.807, 2.05) is 11.8 Å². The van der Waals surface area contributed by atoms with Gasteiger partial charge in [-0.3, -0.25) is 10.1 Å². The fraction of sp³-hybridized carbons (Fsp3) is 0.611. The molecule has 1 aromatic rings. The van der Waals surface area contributed by atoms with Crippen molar-refractivity contribution in [3.63, 3.8) is 0 Å². The summed E-state index contributed by atoms with van der Waals surface area (Å²) < 4.78 is 0. The van der Waals surface area contributed by atoms with Crippen LogP contribution in [-0.4, -0.2) is 22.4 Å². The maximum atomic E-state index is 12.9. The molecular weight excluding hydrogens is 260 g/mol. The van der Waals surface area contributed by atoms with Gasteiger partial charge in [-0.05, 0) is 38.7 Å². The van der Waals surface area contributed by atoms with Crippen molar-refractivity contribution in [3.8, 4) is 0 Å². The Labute approximate surface area is 128 Å². The fourth-order valence-electron chi connectivity index (χ4n) is 2.91. The summed E-state index contributed by atoms with van der Waals surface area (Å²) in [4.78, 5) is 15.0. The largest absolute Gasteiger partial charge is 0.318 e. The predicted molar refractivity (Wildman–Crippen MR) is 86.9 cm³/mol. The van der Waals surface area contributed by atoms with Crippen molar-refractivity contribution in [1.29, 1.82) is 0 Å². The molecule has 1 aliphatic rings. The van der Waals surface area contributed by atoms with Gasteiger partial charge in [0.25, 0.3) is 0 Å². The molecule has 1 saturated heterocycles. The third kappa shape index (κ3) is 2.84. The van der Waals surface area contributed by atoms with Crippen LogP contribution in [0.5, 0.6) is 0 Å². The molecule has 3 nitrogen and oxygen atoms in total. The molecule has 2 rings (SSSR count). The van der Waals surface area contributed by atoms with Gasteiger partial charge in [0.2, 0.25) is 5.91 Å². The van der Waals surface area contributed by atoms with E-state index < -0.39 is 5.54 Å². The van der Waals surface area contributed by atoms with Crippen molar-refractivity contribution in [3.05, 3.63) is 35.4 Å². The van der Waals surface area contributed by atoms with Crippen molar-refractivity contribution in [2.24, 2.45) is 5.92 Å². The first-order valence-electron chi connectivity index (χ1n) is 7.97. The average Bonchev–Trinajstić information content (AvgIpc) is 2.71. The van der Waals surface area contributed by atoms with Crippen LogP contribution in [0.1, 0.15) is 58.3 Å². The number of hydrogen-bond donors (Lipinski definition) is 1. The van der Waals surface area contributed by atoms with E-state index in [0.717, 1.165) is 6.42 Å². The SMILES string of the molecule is CCC1(C)NC(c2cccc(C)c2)N(C(C)C(C)C)C1=O. The number of rotatable bonds is 4. The highest BCUT2D eigenvalue weighted by atomic mass is 16.2. The van der Waals surface area contributed by atoms with Crippen LogP contribution < -0.4 is 5.32 Å². The Morgan fingerprint density at radius 2 is 2.00 bits per heavy atom. The topological polar surface area (TPSA) is 32.3 Å². The van der Waals surface area contributed by atoms with Gasteiger partial charge >= 0.3 is 0 Å². The molecule has 0 aliphatic carbocycles. The standard InChI is InChI=1S/C18H28N2O/c1-7-18(6)17(21)20(14(5)12(2)3)16(19-18)15-10-8-9-13(4)11-15/h8-12,14,16,19H,7H2,1-6H3. The second kappa shape index (κ2) is 5.80. The van der Waals surface area contributed by atoms with Crippen molar-refractivity contribution >= 4 is 5.91 Å². The molecule has 116 valence electrons. The van der Waals surface area contributed by atoms with Crippen LogP contribution in [0.25, 0.3) is 0 Å². The number of nitrogens with one attached hydrogen (secondary N) is 1. The van der Waals surface area contributed by atoms with Gasteiger partial charge < -0.3 is 4.90 Å². The lowest BCUT2D eigenvalue weighted by Crippen LogP contribution is -2.45. The number of aryl methyl sites for hydroxylation is 1. The molecule has 1 aliphatic heterocycles. The number of carbonyl (C=O) groups excluding carboxylic acids is 1. The highest BCUT2D eigenvalue weighted by Gasteiger charge is 2.49. The van der Waals surface area contributed by atoms with Gasteiger partial charge in [0.15, 0.2) is 0 Å². The third-order valence-corrected chi connectivity index (χ3v) is 4.91. The number of benzene rings is 1. The molecule has 1 heterocycles. The van der Waals surface area contributed by atoms with Gasteiger partial charge in [-0.2, -0.15) is 0 Å². The molecule has 0 spiro atoms. The van der Waals surface area contributed by atoms with Crippen LogP contribution in [0.2, 0.25) is 0 Å². The molecule has 1 amide bonds. The molecule has 1 fully saturated rings. The van der Waals surface area contributed by atoms with Crippen LogP contribution in [-0.2, 0) is 4.79 Å². The van der Waals surface area contributed by atoms with Crippen LogP contribution in [0.4, 0.5) is 0 Å². The molecule has 3 atom stereocenters. The molecule has 1 N–H and O–H groups in total. The second-order valence-electron chi connectivity index (χ2n) is 6.84. The Morgan fingerprint density at radius 3 is 2.52 bits per heavy atom. The van der Waals surface area contributed by atoms with Gasteiger partial charge in [0.1, 0.15) is 6.17 Å². The molecule has 0 saturated carbocycles. The highest BCUT2D eigenvalue weighted by Crippen LogP contribution is 2.35. The van der Waals surface area contributed by atoms with Crippen molar-refractivity contribution < 1.29 is 4.79 Å². The minimum absolute atomic E-state index is 0.0280. The summed E-state index contributed by atoms with van der Waals surface area (Å²) in [5.74, 6) is 0.653. The first kappa shape index (κ1) is 16.0. The Balaban J connectivity index is 2.44. The van der Waals surface area contributed by atoms with E-state index in [4.69, 9.17) is 0 Å². The summed E-state index contributed by atoms with van der Waals surface area (Å²) in [5.41, 5.74) is 1.94. The summed E-state index contributed by atoms with van der Waals surface area (Å²) in [5, 5.41) is 3.57. The zero-order chi connectivity index (χ0) is 15.8. The molecule has 0 radical (unpaired) electrons. The van der Waals surface area contributed by atoms with Gasteiger partial charge in [0.05, 0.1) is 5.54 Å². The number of carbonyl (C=O) groups is 1. The quantitative estimate of drug-likeness (QED) is 0.917. The number of nitrogens with zero attached hydrogens (tertiary/aromatic N) is 1. The summed E-state index contributed by atoms with van der Waals surface area (Å²) in [6.45, 7) is 12.7. The fourth-order valence-corrected chi connectivity index (χ4v) is 2.91. The Kier molecular flexibility index (Phi) is 4.43. The van der Waals surface area contributed by atoms with E-state index in [0.29, 0.717) is 5.92 Å². The Hall–Kier alpha value is -1.35. The van der Waals surface area contributed by atoms with E-state index in [1.54, 1.807) is 0 Å². The van der Waals surface area contributed by atoms with E-state index >= 15 is 0 Å². The molecule has 1 aromatic carbocycles. The number of hydrogen-bond acceptors (Lipinski definition) is 2. The molecular formula is C18H28N2O. The highest BCUT2D eigenvalue weighted by molar-refractivity contribution is 5.88. The molecule has 3 unspecified atom stereocenters. The molecule has 21 heavy (non-hydrogen) atoms. The Bertz CT molecular complexity index is 526. The summed E-state index contributed by atoms with van der Waals surface area (Å²) in [6, 6.07) is 8.65. The first-order chi connectivity index (χ1) is 9.80. The van der Waals surface area contributed by atoms with Crippen LogP contribution >= 0.6 is 0 Å². The maximum absolute atomic E-state index is 12.9. The first-order valence-corrected chi connectivity index (χ1v) is 7.97. The van der Waals surface area contributed by atoms with E-state index in [2.05, 4.69) is 64.2 Å². The lowest BCUT2D eigenvalue weighted by Gasteiger charge is -2.33. The summed E-state index contributed by atoms with van der Waals surface area (Å²) in [6.07, 6.45) is 0.773. The van der Waals surface area contributed by atoms with Crippen molar-refractivity contribution in [1.82, 2.24) is 10.2 Å². The lowest BCUT2D eigenvalue weighted by atomic mass is 9.97. The van der Waals surface area contributed by atoms with Gasteiger partial charge in [-0.15, -0.1) is 0 Å². The average molecular weight is 288 g/mol. The summed E-state index contributed by atoms with van der Waals surface area (Å²) >= 11 is 0. The van der Waals surface area contributed by atoms with Crippen LogP contribution in [0, 0.1) is 12.8 Å². The predicted octanol–water partition coefficient (Wildman–Crippen LogP) is 3.64. The normalized spacial score (nSPS) is 27.5. The summed E-state index contributed by atoms with van der Waals surface area (Å²) in [7, 11) is 0. The van der Waals surface area contributed by atoms with E-state index in [1.165, 1.54) is 11.1 Å². The maximum Gasteiger partial charge on any atom is 0.244 e. The van der Waals surface area contributed by atoms with Crippen LogP contribution in [0.3, 0.4) is 0 Å². The molecule has 3 heteroatoms.